The van der Waals surface area contributed by atoms with Gasteiger partial charge in [0.2, 0.25) is 23.6 Å². The summed E-state index contributed by atoms with van der Waals surface area (Å²) in [4.78, 5) is 82.9. The third-order valence-electron chi connectivity index (χ3n) is 6.01. The Kier molecular flexibility index (Phi) is 14.0. The third kappa shape index (κ3) is 14.4. The maximum Gasteiger partial charge on any atom is 0.408 e. The lowest BCUT2D eigenvalue weighted by molar-refractivity contribution is -0.154. The Morgan fingerprint density at radius 2 is 1.56 bits per heavy atom. The summed E-state index contributed by atoms with van der Waals surface area (Å²) in [6.07, 6.45) is 1.48. The molecule has 0 aliphatic carbocycles. The number of hydrogen-bond acceptors (Lipinski definition) is 9. The number of benzene rings is 1. The van der Waals surface area contributed by atoms with Gasteiger partial charge in [-0.05, 0) is 38.7 Å². The second-order valence-electron chi connectivity index (χ2n) is 11.8. The van der Waals surface area contributed by atoms with E-state index in [4.69, 9.17) is 15.2 Å². The van der Waals surface area contributed by atoms with Gasteiger partial charge in [0.05, 0.1) is 12.7 Å². The topological polar surface area (TPSA) is 224 Å². The molecule has 2 rings (SSSR count). The zero-order valence-electron chi connectivity index (χ0n) is 26.2. The van der Waals surface area contributed by atoms with Crippen molar-refractivity contribution in [3.8, 4) is 0 Å². The molecule has 0 radical (unpaired) electrons. The Bertz CT molecular complexity index is 1290. The van der Waals surface area contributed by atoms with Crippen molar-refractivity contribution in [1.29, 1.82) is 0 Å². The van der Waals surface area contributed by atoms with E-state index >= 15 is 0 Å². The lowest BCUT2D eigenvalue weighted by atomic mass is 10.0. The number of imidazole rings is 1. The van der Waals surface area contributed by atoms with Crippen molar-refractivity contribution in [2.45, 2.75) is 84.2 Å². The molecule has 45 heavy (non-hydrogen) atoms. The number of hydrogen-bond donors (Lipinski definition) is 6. The molecule has 0 aliphatic heterocycles. The number of ether oxygens (including phenoxy) is 2. The summed E-state index contributed by atoms with van der Waals surface area (Å²) in [6, 6.07) is 5.05. The number of aromatic nitrogens is 2. The number of aromatic amines is 1. The van der Waals surface area contributed by atoms with E-state index in [0.717, 1.165) is 5.56 Å². The number of rotatable bonds is 16. The van der Waals surface area contributed by atoms with Crippen molar-refractivity contribution in [2.75, 3.05) is 6.54 Å². The van der Waals surface area contributed by atoms with Gasteiger partial charge in [0, 0.05) is 18.3 Å². The summed E-state index contributed by atoms with van der Waals surface area (Å²) in [5, 5.41) is 9.91. The van der Waals surface area contributed by atoms with E-state index in [0.29, 0.717) is 5.69 Å². The molecule has 1 aromatic carbocycles. The fraction of sp³-hybridized carbons (Fsp3) is 0.500. The Morgan fingerprint density at radius 3 is 2.13 bits per heavy atom. The van der Waals surface area contributed by atoms with Gasteiger partial charge in [-0.25, -0.2) is 9.78 Å². The van der Waals surface area contributed by atoms with Crippen molar-refractivity contribution in [1.82, 2.24) is 31.2 Å². The zero-order chi connectivity index (χ0) is 33.6. The van der Waals surface area contributed by atoms with Crippen LogP contribution in [0, 0.1) is 5.92 Å². The highest BCUT2D eigenvalue weighted by molar-refractivity contribution is 5.96. The van der Waals surface area contributed by atoms with E-state index in [2.05, 4.69) is 31.2 Å². The molecule has 0 saturated heterocycles. The number of primary amides is 1. The molecule has 0 aliphatic rings. The number of carbonyl (C=O) groups is 6. The fourth-order valence-corrected chi connectivity index (χ4v) is 4.05. The van der Waals surface area contributed by atoms with Gasteiger partial charge in [0.15, 0.2) is 0 Å². The summed E-state index contributed by atoms with van der Waals surface area (Å²) in [6.45, 7) is 8.23. The normalized spacial score (nSPS) is 13.1. The maximum absolute atomic E-state index is 13.4. The number of amides is 5. The quantitative estimate of drug-likeness (QED) is 0.143. The highest BCUT2D eigenvalue weighted by Gasteiger charge is 2.32. The summed E-state index contributed by atoms with van der Waals surface area (Å²) in [7, 11) is 0. The fourth-order valence-electron chi connectivity index (χ4n) is 4.05. The van der Waals surface area contributed by atoms with E-state index in [-0.39, 0.29) is 25.4 Å². The first kappa shape index (κ1) is 36.2. The molecular formula is C30H43N7O8. The molecule has 3 atom stereocenters. The summed E-state index contributed by atoms with van der Waals surface area (Å²) in [5.74, 6) is -3.97. The van der Waals surface area contributed by atoms with Crippen LogP contribution in [0.3, 0.4) is 0 Å². The minimum Gasteiger partial charge on any atom is -0.459 e. The van der Waals surface area contributed by atoms with Gasteiger partial charge in [0.25, 0.3) is 0 Å². The van der Waals surface area contributed by atoms with Crippen molar-refractivity contribution < 1.29 is 38.2 Å². The van der Waals surface area contributed by atoms with E-state index in [9.17, 15) is 28.8 Å². The van der Waals surface area contributed by atoms with Crippen molar-refractivity contribution in [2.24, 2.45) is 11.7 Å². The van der Waals surface area contributed by atoms with E-state index in [1.54, 1.807) is 45.0 Å². The molecule has 0 unspecified atom stereocenters. The minimum atomic E-state index is -1.49. The van der Waals surface area contributed by atoms with Crippen LogP contribution in [0.1, 0.15) is 58.7 Å². The molecule has 5 amide bonds. The summed E-state index contributed by atoms with van der Waals surface area (Å²) < 4.78 is 10.4. The van der Waals surface area contributed by atoms with Crippen molar-refractivity contribution in [3.63, 3.8) is 0 Å². The largest absolute Gasteiger partial charge is 0.459 e. The Hall–Kier alpha value is -4.95. The number of nitrogens with one attached hydrogen (secondary N) is 5. The third-order valence-corrected chi connectivity index (χ3v) is 6.01. The number of esters is 1. The predicted octanol–water partition coefficient (Wildman–Crippen LogP) is 0.596. The summed E-state index contributed by atoms with van der Waals surface area (Å²) in [5.41, 5.74) is 5.84. The number of nitrogens with zero attached hydrogens (tertiary/aromatic N) is 1. The van der Waals surface area contributed by atoms with Crippen LogP contribution in [0.2, 0.25) is 0 Å². The van der Waals surface area contributed by atoms with Gasteiger partial charge in [-0.15, -0.1) is 0 Å². The van der Waals surface area contributed by atoms with Crippen LogP contribution in [0.5, 0.6) is 0 Å². The number of nitrogens with two attached hydrogens (primary N) is 1. The average molecular weight is 630 g/mol. The lowest BCUT2D eigenvalue weighted by Gasteiger charge is -2.25. The van der Waals surface area contributed by atoms with Gasteiger partial charge in [-0.2, -0.15) is 0 Å². The second kappa shape index (κ2) is 17.4. The van der Waals surface area contributed by atoms with Gasteiger partial charge in [-0.3, -0.25) is 24.0 Å². The number of H-pyrrole nitrogens is 1. The SMILES string of the molecule is CC(C)C[C@H](NC(=O)[C@H](CC(N)=O)NC(=O)[C@@H](Cc1cnc[nH]1)NC(=O)OCc1ccccc1)C(=O)NCC(=O)OC(C)(C)C. The first-order chi connectivity index (χ1) is 21.1. The average Bonchev–Trinajstić information content (AvgIpc) is 3.46. The van der Waals surface area contributed by atoms with Crippen LogP contribution >= 0.6 is 0 Å². The van der Waals surface area contributed by atoms with Gasteiger partial charge in [-0.1, -0.05) is 44.2 Å². The zero-order valence-corrected chi connectivity index (χ0v) is 26.2. The van der Waals surface area contributed by atoms with E-state index < -0.39 is 72.4 Å². The standard InChI is InChI=1S/C30H43N7O8/c1-18(2)11-21(26(40)33-15-25(39)45-30(3,4)5)35-28(42)23(13-24(31)38)36-27(41)22(12-20-14-32-17-34-20)37-29(43)44-16-19-9-7-6-8-10-19/h6-10,14,17-18,21-23H,11-13,15-16H2,1-5H3,(H2,31,38)(H,32,34)(H,33,40)(H,35,42)(H,36,41)(H,37,43)/t21-,22+,23-/m0/s1. The molecule has 7 N–H and O–H groups in total. The molecule has 0 fully saturated rings. The van der Waals surface area contributed by atoms with Crippen molar-refractivity contribution >= 4 is 35.7 Å². The van der Waals surface area contributed by atoms with Crippen LogP contribution < -0.4 is 27.0 Å². The minimum absolute atomic E-state index is 0.0506. The molecule has 1 heterocycles. The summed E-state index contributed by atoms with van der Waals surface area (Å²) >= 11 is 0. The smallest absolute Gasteiger partial charge is 0.408 e. The van der Waals surface area contributed by atoms with Crippen LogP contribution in [-0.4, -0.2) is 75.9 Å². The lowest BCUT2D eigenvalue weighted by Crippen LogP contribution is -2.58. The Balaban J connectivity index is 2.14. The Morgan fingerprint density at radius 1 is 0.911 bits per heavy atom. The molecule has 0 bridgehead atoms. The molecule has 1 aromatic heterocycles. The van der Waals surface area contributed by atoms with Crippen molar-refractivity contribution in [3.05, 3.63) is 54.1 Å². The molecule has 15 heteroatoms. The number of alkyl carbamates (subject to hydrolysis) is 1. The highest BCUT2D eigenvalue weighted by Crippen LogP contribution is 2.09. The number of carbonyl (C=O) groups excluding carboxylic acids is 6. The van der Waals surface area contributed by atoms with Gasteiger partial charge < -0.3 is 41.5 Å². The molecule has 0 saturated carbocycles. The first-order valence-corrected chi connectivity index (χ1v) is 14.5. The molecule has 15 nitrogen and oxygen atoms in total. The van der Waals surface area contributed by atoms with Gasteiger partial charge >= 0.3 is 12.1 Å². The van der Waals surface area contributed by atoms with Crippen LogP contribution in [-0.2, 0) is 46.5 Å². The van der Waals surface area contributed by atoms with Crippen LogP contribution in [0.4, 0.5) is 4.79 Å². The maximum atomic E-state index is 13.4. The van der Waals surface area contributed by atoms with Crippen LogP contribution in [0.25, 0.3) is 0 Å². The van der Waals surface area contributed by atoms with Gasteiger partial charge in [0.1, 0.15) is 36.9 Å². The molecular weight excluding hydrogens is 586 g/mol. The molecule has 2 aromatic rings. The monoisotopic (exact) mass is 629 g/mol. The molecule has 246 valence electrons. The highest BCUT2D eigenvalue weighted by atomic mass is 16.6. The van der Waals surface area contributed by atoms with E-state index in [1.807, 2.05) is 19.9 Å². The molecule has 0 spiro atoms. The second-order valence-corrected chi connectivity index (χ2v) is 11.8. The van der Waals surface area contributed by atoms with E-state index in [1.165, 1.54) is 12.5 Å². The van der Waals surface area contributed by atoms with Crippen LogP contribution in [0.15, 0.2) is 42.9 Å². The Labute approximate surface area is 261 Å². The first-order valence-electron chi connectivity index (χ1n) is 14.5. The predicted molar refractivity (Wildman–Crippen MR) is 162 cm³/mol.